The zero-order valence-corrected chi connectivity index (χ0v) is 10.8. The first kappa shape index (κ1) is 13.0. The molecular weight excluding hydrogens is 198 g/mol. The minimum absolute atomic E-state index is 0.234. The second kappa shape index (κ2) is 6.54. The highest BCUT2D eigenvalue weighted by atomic mass is 16.5. The highest BCUT2D eigenvalue weighted by Crippen LogP contribution is 2.14. The summed E-state index contributed by atoms with van der Waals surface area (Å²) < 4.78 is 5.66. The molecule has 0 aliphatic carbocycles. The first-order chi connectivity index (χ1) is 7.61. The predicted molar refractivity (Wildman–Crippen MR) is 68.8 cm³/mol. The molecule has 0 heterocycles. The summed E-state index contributed by atoms with van der Waals surface area (Å²) in [5.74, 6) is 0.957. The van der Waals surface area contributed by atoms with E-state index in [4.69, 9.17) is 4.74 Å². The van der Waals surface area contributed by atoms with Gasteiger partial charge in [0.1, 0.15) is 5.75 Å². The SMILES string of the molecule is CC[C@H](C)NCc1cccc(OC(C)C)c1. The minimum atomic E-state index is 0.234. The third kappa shape index (κ3) is 4.67. The molecule has 1 aromatic rings. The molecule has 0 aliphatic heterocycles. The third-order valence-corrected chi connectivity index (χ3v) is 2.54. The van der Waals surface area contributed by atoms with E-state index in [9.17, 15) is 0 Å². The predicted octanol–water partition coefficient (Wildman–Crippen LogP) is 3.36. The van der Waals surface area contributed by atoms with E-state index in [0.29, 0.717) is 6.04 Å². The number of benzene rings is 1. The van der Waals surface area contributed by atoms with Crippen LogP contribution in [-0.2, 0) is 6.54 Å². The van der Waals surface area contributed by atoms with Gasteiger partial charge in [-0.2, -0.15) is 0 Å². The highest BCUT2D eigenvalue weighted by molar-refractivity contribution is 5.28. The van der Waals surface area contributed by atoms with Gasteiger partial charge >= 0.3 is 0 Å². The Labute approximate surface area is 99.0 Å². The maximum atomic E-state index is 5.66. The molecule has 2 nitrogen and oxygen atoms in total. The molecule has 0 fully saturated rings. The lowest BCUT2D eigenvalue weighted by Gasteiger charge is -2.13. The van der Waals surface area contributed by atoms with Crippen molar-refractivity contribution in [2.24, 2.45) is 0 Å². The highest BCUT2D eigenvalue weighted by Gasteiger charge is 2.01. The van der Waals surface area contributed by atoms with E-state index < -0.39 is 0 Å². The van der Waals surface area contributed by atoms with E-state index in [0.717, 1.165) is 18.7 Å². The summed E-state index contributed by atoms with van der Waals surface area (Å²) in [7, 11) is 0. The quantitative estimate of drug-likeness (QED) is 0.795. The molecule has 1 N–H and O–H groups in total. The van der Waals surface area contributed by atoms with Crippen molar-refractivity contribution in [3.8, 4) is 5.75 Å². The molecule has 0 aromatic heterocycles. The molecule has 0 aliphatic rings. The standard InChI is InChI=1S/C14H23NO/c1-5-12(4)15-10-13-7-6-8-14(9-13)16-11(2)3/h6-9,11-12,15H,5,10H2,1-4H3/t12-/m0/s1. The largest absolute Gasteiger partial charge is 0.491 e. The number of nitrogens with one attached hydrogen (secondary N) is 1. The van der Waals surface area contributed by atoms with Crippen LogP contribution in [0, 0.1) is 0 Å². The zero-order valence-electron chi connectivity index (χ0n) is 10.8. The normalized spacial score (nSPS) is 12.8. The molecule has 1 atom stereocenters. The van der Waals surface area contributed by atoms with E-state index >= 15 is 0 Å². The molecule has 1 aromatic carbocycles. The van der Waals surface area contributed by atoms with Crippen molar-refractivity contribution in [3.63, 3.8) is 0 Å². The minimum Gasteiger partial charge on any atom is -0.491 e. The summed E-state index contributed by atoms with van der Waals surface area (Å²) in [4.78, 5) is 0. The van der Waals surface area contributed by atoms with Gasteiger partial charge in [0.15, 0.2) is 0 Å². The fourth-order valence-electron chi connectivity index (χ4n) is 1.44. The van der Waals surface area contributed by atoms with Crippen LogP contribution < -0.4 is 10.1 Å². The summed E-state index contributed by atoms with van der Waals surface area (Å²) >= 11 is 0. The van der Waals surface area contributed by atoms with Crippen LogP contribution in [0.1, 0.15) is 39.7 Å². The topological polar surface area (TPSA) is 21.3 Å². The van der Waals surface area contributed by atoms with Crippen molar-refractivity contribution < 1.29 is 4.74 Å². The van der Waals surface area contributed by atoms with Gasteiger partial charge in [0, 0.05) is 12.6 Å². The molecule has 0 unspecified atom stereocenters. The van der Waals surface area contributed by atoms with Crippen LogP contribution in [0.15, 0.2) is 24.3 Å². The number of hydrogen-bond acceptors (Lipinski definition) is 2. The maximum absolute atomic E-state index is 5.66. The number of ether oxygens (including phenoxy) is 1. The van der Waals surface area contributed by atoms with Gasteiger partial charge in [0.05, 0.1) is 6.10 Å². The lowest BCUT2D eigenvalue weighted by atomic mass is 10.2. The van der Waals surface area contributed by atoms with E-state index in [1.54, 1.807) is 0 Å². The first-order valence-corrected chi connectivity index (χ1v) is 6.10. The summed E-state index contributed by atoms with van der Waals surface area (Å²) in [5.41, 5.74) is 1.28. The van der Waals surface area contributed by atoms with Gasteiger partial charge in [-0.05, 0) is 44.9 Å². The van der Waals surface area contributed by atoms with E-state index in [1.807, 2.05) is 26.0 Å². The van der Waals surface area contributed by atoms with Crippen molar-refractivity contribution in [3.05, 3.63) is 29.8 Å². The van der Waals surface area contributed by atoms with Crippen LogP contribution >= 0.6 is 0 Å². The molecule has 2 heteroatoms. The van der Waals surface area contributed by atoms with E-state index in [2.05, 4.69) is 31.3 Å². The van der Waals surface area contributed by atoms with Gasteiger partial charge in [-0.1, -0.05) is 19.1 Å². The van der Waals surface area contributed by atoms with Gasteiger partial charge in [0.2, 0.25) is 0 Å². The molecule has 16 heavy (non-hydrogen) atoms. The first-order valence-electron chi connectivity index (χ1n) is 6.10. The second-order valence-electron chi connectivity index (χ2n) is 4.50. The lowest BCUT2D eigenvalue weighted by Crippen LogP contribution is -2.24. The van der Waals surface area contributed by atoms with Gasteiger partial charge in [0.25, 0.3) is 0 Å². The van der Waals surface area contributed by atoms with Gasteiger partial charge < -0.3 is 10.1 Å². The Bertz CT molecular complexity index is 309. The van der Waals surface area contributed by atoms with E-state index in [1.165, 1.54) is 5.56 Å². The van der Waals surface area contributed by atoms with Crippen molar-refractivity contribution in [2.75, 3.05) is 0 Å². The molecule has 0 amide bonds. The van der Waals surface area contributed by atoms with Crippen LogP contribution in [0.25, 0.3) is 0 Å². The molecular formula is C14H23NO. The third-order valence-electron chi connectivity index (χ3n) is 2.54. The molecule has 1 rings (SSSR count). The van der Waals surface area contributed by atoms with Crippen molar-refractivity contribution in [2.45, 2.75) is 52.8 Å². The Kier molecular flexibility index (Phi) is 5.33. The van der Waals surface area contributed by atoms with Crippen LogP contribution in [0.4, 0.5) is 0 Å². The van der Waals surface area contributed by atoms with Crippen LogP contribution in [0.3, 0.4) is 0 Å². The van der Waals surface area contributed by atoms with Crippen molar-refractivity contribution >= 4 is 0 Å². The average Bonchev–Trinajstić information content (AvgIpc) is 2.25. The van der Waals surface area contributed by atoms with E-state index in [-0.39, 0.29) is 6.10 Å². The molecule has 0 bridgehead atoms. The molecule has 0 spiro atoms. The fraction of sp³-hybridized carbons (Fsp3) is 0.571. The summed E-state index contributed by atoms with van der Waals surface area (Å²) in [6.45, 7) is 9.39. The summed E-state index contributed by atoms with van der Waals surface area (Å²) in [6.07, 6.45) is 1.39. The molecule has 0 saturated carbocycles. The summed E-state index contributed by atoms with van der Waals surface area (Å²) in [5, 5.41) is 3.47. The number of hydrogen-bond donors (Lipinski definition) is 1. The fourth-order valence-corrected chi connectivity index (χ4v) is 1.44. The Balaban J connectivity index is 2.53. The molecule has 90 valence electrons. The Morgan fingerprint density at radius 3 is 2.62 bits per heavy atom. The number of rotatable bonds is 6. The smallest absolute Gasteiger partial charge is 0.120 e. The van der Waals surface area contributed by atoms with Crippen molar-refractivity contribution in [1.29, 1.82) is 0 Å². The Hall–Kier alpha value is -1.02. The van der Waals surface area contributed by atoms with Gasteiger partial charge in [-0.25, -0.2) is 0 Å². The zero-order chi connectivity index (χ0) is 12.0. The second-order valence-corrected chi connectivity index (χ2v) is 4.50. The Morgan fingerprint density at radius 1 is 1.25 bits per heavy atom. The summed E-state index contributed by atoms with van der Waals surface area (Å²) in [6, 6.07) is 8.85. The molecule has 0 saturated heterocycles. The average molecular weight is 221 g/mol. The Morgan fingerprint density at radius 2 is 2.00 bits per heavy atom. The van der Waals surface area contributed by atoms with Crippen LogP contribution in [0.2, 0.25) is 0 Å². The lowest BCUT2D eigenvalue weighted by molar-refractivity contribution is 0.242. The van der Waals surface area contributed by atoms with Crippen LogP contribution in [0.5, 0.6) is 5.75 Å². The maximum Gasteiger partial charge on any atom is 0.120 e. The van der Waals surface area contributed by atoms with Gasteiger partial charge in [-0.3, -0.25) is 0 Å². The molecule has 0 radical (unpaired) electrons. The van der Waals surface area contributed by atoms with Crippen molar-refractivity contribution in [1.82, 2.24) is 5.32 Å². The van der Waals surface area contributed by atoms with Gasteiger partial charge in [-0.15, -0.1) is 0 Å². The monoisotopic (exact) mass is 221 g/mol. The van der Waals surface area contributed by atoms with Crippen LogP contribution in [-0.4, -0.2) is 12.1 Å².